The van der Waals surface area contributed by atoms with E-state index >= 15 is 0 Å². The van der Waals surface area contributed by atoms with Crippen molar-refractivity contribution in [1.82, 2.24) is 9.78 Å². The largest absolute Gasteiger partial charge is 0.308 e. The molecule has 0 atom stereocenters. The average molecular weight is 272 g/mol. The second kappa shape index (κ2) is 4.69. The van der Waals surface area contributed by atoms with Crippen LogP contribution in [0.15, 0.2) is 11.1 Å². The number of carbonyl (C=O) groups excluding carboxylic acids is 1. The summed E-state index contributed by atoms with van der Waals surface area (Å²) in [5.41, 5.74) is 0. The molecule has 1 aliphatic rings. The van der Waals surface area contributed by atoms with E-state index in [1.54, 1.807) is 7.05 Å². The van der Waals surface area contributed by atoms with E-state index in [2.05, 4.69) is 10.4 Å². The molecule has 0 bridgehead atoms. The fraction of sp³-hybridized carbons (Fsp3) is 0.600. The highest BCUT2D eigenvalue weighted by molar-refractivity contribution is 7.89. The molecule has 1 amide bonds. The van der Waals surface area contributed by atoms with E-state index < -0.39 is 10.0 Å². The van der Waals surface area contributed by atoms with E-state index in [0.29, 0.717) is 12.3 Å². The molecular weight excluding hydrogens is 256 g/mol. The number of aromatic nitrogens is 2. The second-order valence-corrected chi connectivity index (χ2v) is 6.14. The first-order valence-corrected chi connectivity index (χ1v) is 7.27. The minimum Gasteiger partial charge on any atom is -0.308 e. The molecule has 100 valence electrons. The highest BCUT2D eigenvalue weighted by Crippen LogP contribution is 2.29. The summed E-state index contributed by atoms with van der Waals surface area (Å²) >= 11 is 0. The van der Waals surface area contributed by atoms with Gasteiger partial charge < -0.3 is 5.32 Å². The minimum atomic E-state index is -3.88. The van der Waals surface area contributed by atoms with Crippen molar-refractivity contribution in [3.8, 4) is 0 Å². The van der Waals surface area contributed by atoms with Gasteiger partial charge in [0.1, 0.15) is 4.90 Å². The lowest BCUT2D eigenvalue weighted by molar-refractivity contribution is -0.117. The Morgan fingerprint density at radius 1 is 1.61 bits per heavy atom. The molecule has 0 unspecified atom stereocenters. The molecule has 7 nitrogen and oxygen atoms in total. The van der Waals surface area contributed by atoms with Crippen LogP contribution in [0.5, 0.6) is 0 Å². The molecule has 0 spiro atoms. The Bertz CT molecular complexity index is 560. The van der Waals surface area contributed by atoms with Crippen molar-refractivity contribution in [2.24, 2.45) is 18.1 Å². The molecule has 1 aromatic rings. The van der Waals surface area contributed by atoms with E-state index in [9.17, 15) is 13.2 Å². The molecule has 1 heterocycles. The number of primary sulfonamides is 1. The molecule has 8 heteroatoms. The van der Waals surface area contributed by atoms with Crippen LogP contribution in [0.25, 0.3) is 0 Å². The highest BCUT2D eigenvalue weighted by Gasteiger charge is 2.23. The fourth-order valence-electron chi connectivity index (χ4n) is 1.90. The van der Waals surface area contributed by atoms with Crippen molar-refractivity contribution >= 4 is 21.7 Å². The van der Waals surface area contributed by atoms with Crippen LogP contribution in [0.3, 0.4) is 0 Å². The summed E-state index contributed by atoms with van der Waals surface area (Å²) in [6, 6.07) is 0. The number of sulfonamides is 1. The number of nitrogens with one attached hydrogen (secondary N) is 1. The third-order valence-corrected chi connectivity index (χ3v) is 3.97. The second-order valence-electron chi connectivity index (χ2n) is 4.61. The van der Waals surface area contributed by atoms with Crippen molar-refractivity contribution < 1.29 is 13.2 Å². The fourth-order valence-corrected chi connectivity index (χ4v) is 2.56. The van der Waals surface area contributed by atoms with Gasteiger partial charge in [0.25, 0.3) is 0 Å². The Hall–Kier alpha value is -1.41. The van der Waals surface area contributed by atoms with Gasteiger partial charge in [-0.2, -0.15) is 5.10 Å². The molecule has 0 saturated heterocycles. The van der Waals surface area contributed by atoms with Gasteiger partial charge in [-0.05, 0) is 18.8 Å². The van der Waals surface area contributed by atoms with E-state index in [-0.39, 0.29) is 16.6 Å². The van der Waals surface area contributed by atoms with Crippen LogP contribution in [0.4, 0.5) is 5.82 Å². The van der Waals surface area contributed by atoms with Gasteiger partial charge in [0.2, 0.25) is 15.9 Å². The third kappa shape index (κ3) is 2.88. The Labute approximate surface area is 105 Å². The zero-order valence-corrected chi connectivity index (χ0v) is 10.9. The molecule has 0 aliphatic heterocycles. The predicted octanol–water partition coefficient (Wildman–Crippen LogP) is 0.196. The molecule has 18 heavy (non-hydrogen) atoms. The van der Waals surface area contributed by atoms with Crippen molar-refractivity contribution in [3.63, 3.8) is 0 Å². The quantitative estimate of drug-likeness (QED) is 0.816. The first kappa shape index (κ1) is 13.0. The Balaban J connectivity index is 2.10. The molecule has 3 N–H and O–H groups in total. The van der Waals surface area contributed by atoms with E-state index in [4.69, 9.17) is 5.14 Å². The van der Waals surface area contributed by atoms with Crippen LogP contribution in [-0.2, 0) is 21.9 Å². The maximum absolute atomic E-state index is 11.7. The summed E-state index contributed by atoms with van der Waals surface area (Å²) in [4.78, 5) is 11.5. The normalized spacial score (nSPS) is 16.3. The number of nitrogens with zero attached hydrogens (tertiary/aromatic N) is 2. The number of nitrogens with two attached hydrogens (primary N) is 1. The van der Waals surface area contributed by atoms with E-state index in [1.807, 2.05) is 0 Å². The first-order valence-electron chi connectivity index (χ1n) is 5.72. The van der Waals surface area contributed by atoms with Gasteiger partial charge in [-0.1, -0.05) is 6.42 Å². The number of rotatable bonds is 4. The molecule has 0 radical (unpaired) electrons. The standard InChI is InChI=1S/C10H16N4O3S/c1-14-6-8(18(11,16)17)10(13-14)12-9(15)5-7-3-2-4-7/h6-7H,2-5H2,1H3,(H2,11,16,17)(H,12,13,15). The Morgan fingerprint density at radius 2 is 2.28 bits per heavy atom. The summed E-state index contributed by atoms with van der Waals surface area (Å²) in [5, 5.41) is 11.5. The molecule has 1 fully saturated rings. The summed E-state index contributed by atoms with van der Waals surface area (Å²) in [7, 11) is -2.31. The van der Waals surface area contributed by atoms with E-state index in [0.717, 1.165) is 19.3 Å². The maximum Gasteiger partial charge on any atom is 0.243 e. The third-order valence-electron chi connectivity index (χ3n) is 3.06. The molecule has 0 aromatic carbocycles. The smallest absolute Gasteiger partial charge is 0.243 e. The number of carbonyl (C=O) groups is 1. The average Bonchev–Trinajstić information content (AvgIpc) is 2.53. The van der Waals surface area contributed by atoms with Crippen molar-refractivity contribution in [2.45, 2.75) is 30.6 Å². The minimum absolute atomic E-state index is 0.00400. The zero-order valence-electron chi connectivity index (χ0n) is 10.1. The Morgan fingerprint density at radius 3 is 2.78 bits per heavy atom. The summed E-state index contributed by atoms with van der Waals surface area (Å²) in [5.74, 6) is 0.194. The lowest BCUT2D eigenvalue weighted by Gasteiger charge is -2.24. The topological polar surface area (TPSA) is 107 Å². The lowest BCUT2D eigenvalue weighted by atomic mass is 9.83. The number of anilines is 1. The van der Waals surface area contributed by atoms with Gasteiger partial charge in [-0.3, -0.25) is 9.48 Å². The number of aryl methyl sites for hydroxylation is 1. The number of hydrogen-bond donors (Lipinski definition) is 2. The summed E-state index contributed by atoms with van der Waals surface area (Å²) in [6.45, 7) is 0. The monoisotopic (exact) mass is 272 g/mol. The highest BCUT2D eigenvalue weighted by atomic mass is 32.2. The molecular formula is C10H16N4O3S. The molecule has 1 aliphatic carbocycles. The van der Waals surface area contributed by atoms with Gasteiger partial charge in [-0.25, -0.2) is 13.6 Å². The first-order chi connectivity index (χ1) is 8.36. The van der Waals surface area contributed by atoms with E-state index in [1.165, 1.54) is 10.9 Å². The van der Waals surface area contributed by atoms with Gasteiger partial charge >= 0.3 is 0 Å². The van der Waals surface area contributed by atoms with Crippen molar-refractivity contribution in [3.05, 3.63) is 6.20 Å². The molecule has 1 aromatic heterocycles. The summed E-state index contributed by atoms with van der Waals surface area (Å²) < 4.78 is 23.9. The SMILES string of the molecule is Cn1cc(S(N)(=O)=O)c(NC(=O)CC2CCC2)n1. The van der Waals surface area contributed by atoms with Gasteiger partial charge in [0, 0.05) is 19.7 Å². The molecule has 2 rings (SSSR count). The van der Waals surface area contributed by atoms with Crippen LogP contribution >= 0.6 is 0 Å². The molecule has 1 saturated carbocycles. The van der Waals surface area contributed by atoms with Gasteiger partial charge in [0.15, 0.2) is 5.82 Å². The van der Waals surface area contributed by atoms with Crippen LogP contribution in [-0.4, -0.2) is 24.1 Å². The predicted molar refractivity (Wildman–Crippen MR) is 65.2 cm³/mol. The van der Waals surface area contributed by atoms with Gasteiger partial charge in [-0.15, -0.1) is 0 Å². The van der Waals surface area contributed by atoms with Crippen molar-refractivity contribution in [2.75, 3.05) is 5.32 Å². The van der Waals surface area contributed by atoms with Crippen LogP contribution in [0, 0.1) is 5.92 Å². The van der Waals surface area contributed by atoms with Crippen LogP contribution in [0.2, 0.25) is 0 Å². The van der Waals surface area contributed by atoms with Crippen molar-refractivity contribution in [1.29, 1.82) is 0 Å². The van der Waals surface area contributed by atoms with Gasteiger partial charge in [0.05, 0.1) is 0 Å². The number of hydrogen-bond acceptors (Lipinski definition) is 4. The zero-order chi connectivity index (χ0) is 13.3. The number of amides is 1. The maximum atomic E-state index is 11.7. The Kier molecular flexibility index (Phi) is 3.40. The van der Waals surface area contributed by atoms with Crippen LogP contribution < -0.4 is 10.5 Å². The van der Waals surface area contributed by atoms with Crippen LogP contribution in [0.1, 0.15) is 25.7 Å². The summed E-state index contributed by atoms with van der Waals surface area (Å²) in [6.07, 6.45) is 4.94. The lowest BCUT2D eigenvalue weighted by Crippen LogP contribution is -2.22.